The van der Waals surface area contributed by atoms with Crippen LogP contribution in [0.15, 0.2) is 0 Å². The number of carbonyl (C=O) groups is 3. The van der Waals surface area contributed by atoms with Gasteiger partial charge < -0.3 is 25.1 Å². The Morgan fingerprint density at radius 3 is 1.44 bits per heavy atom. The summed E-state index contributed by atoms with van der Waals surface area (Å²) in [5.74, 6) is -5.02. The number of hydrogen-bond acceptors (Lipinski definition) is 6. The minimum Gasteiger partial charge on any atom is -0.506 e. The monoisotopic (exact) mass is 260 g/mol. The standard InChI is InChI=1S/C6H8O7.ClHO2/c7-3(8)1-6(13,5(11)12)2-4(9)10;2-1-3/h13H,1-2H2,(H,7,8)(H,9,10)(H,11,12);2H. The Labute approximate surface area is 92.6 Å². The van der Waals surface area contributed by atoms with Gasteiger partial charge in [0.1, 0.15) is 0 Å². The minimum absolute atomic E-state index is 0.167. The first-order chi connectivity index (χ1) is 7.19. The molecule has 0 aromatic rings. The molecule has 0 unspecified atom stereocenters. The number of hydrogen-bond donors (Lipinski definition) is 5. The molecule has 0 aliphatic rings. The second kappa shape index (κ2) is 7.82. The minimum atomic E-state index is -2.74. The molecule has 0 aliphatic heterocycles. The number of aliphatic hydroxyl groups is 1. The van der Waals surface area contributed by atoms with E-state index < -0.39 is 36.4 Å². The number of aliphatic carboxylic acids is 3. The molecule has 94 valence electrons. The molecule has 0 rings (SSSR count). The van der Waals surface area contributed by atoms with Gasteiger partial charge in [0.2, 0.25) is 0 Å². The maximum Gasteiger partial charge on any atom is 0.336 e. The third-order valence-corrected chi connectivity index (χ3v) is 1.29. The molecule has 0 atom stereocenters. The Bertz CT molecular complexity index is 247. The van der Waals surface area contributed by atoms with E-state index in [0.29, 0.717) is 0 Å². The van der Waals surface area contributed by atoms with E-state index in [0.717, 1.165) is 0 Å². The Balaban J connectivity index is 0. The molecule has 0 spiro atoms. The summed E-state index contributed by atoms with van der Waals surface area (Å²) in [5.41, 5.74) is -2.74. The van der Waals surface area contributed by atoms with Gasteiger partial charge in [-0.2, -0.15) is 0 Å². The van der Waals surface area contributed by atoms with Gasteiger partial charge in [-0.1, -0.05) is 0 Å². The molecule has 0 heterocycles. The van der Waals surface area contributed by atoms with Crippen LogP contribution in [-0.2, 0) is 14.4 Å². The molecule has 0 aromatic heterocycles. The van der Waals surface area contributed by atoms with Crippen molar-refractivity contribution in [1.29, 1.82) is 0 Å². The smallest absolute Gasteiger partial charge is 0.336 e. The van der Waals surface area contributed by atoms with Crippen LogP contribution in [0.3, 0.4) is 0 Å². The summed E-state index contributed by atoms with van der Waals surface area (Å²) < 4.78 is 15.2. The SMILES string of the molecule is O=C(O)CC(O)(CC(=O)O)C(=O)O.[O-][Cl+]O. The van der Waals surface area contributed by atoms with Crippen LogP contribution >= 0.6 is 0 Å². The van der Waals surface area contributed by atoms with Crippen LogP contribution in [0.5, 0.6) is 0 Å². The average molecular weight is 261 g/mol. The highest BCUT2D eigenvalue weighted by Gasteiger charge is 2.40. The fraction of sp³-hybridized carbons (Fsp3) is 0.500. The maximum absolute atomic E-state index is 10.3. The molecule has 0 saturated heterocycles. The Morgan fingerprint density at radius 2 is 1.31 bits per heavy atom. The zero-order chi connectivity index (χ0) is 13.4. The van der Waals surface area contributed by atoms with E-state index >= 15 is 0 Å². The zero-order valence-corrected chi connectivity index (χ0v) is 8.42. The van der Waals surface area contributed by atoms with Gasteiger partial charge >= 0.3 is 29.2 Å². The zero-order valence-electron chi connectivity index (χ0n) is 7.66. The van der Waals surface area contributed by atoms with Crippen molar-refractivity contribution in [2.24, 2.45) is 0 Å². The predicted molar refractivity (Wildman–Crippen MR) is 39.3 cm³/mol. The van der Waals surface area contributed by atoms with Gasteiger partial charge in [0, 0.05) is 0 Å². The molecule has 16 heavy (non-hydrogen) atoms. The molecule has 0 radical (unpaired) electrons. The van der Waals surface area contributed by atoms with Gasteiger partial charge in [0.05, 0.1) is 12.8 Å². The van der Waals surface area contributed by atoms with Gasteiger partial charge in [-0.3, -0.25) is 9.59 Å². The van der Waals surface area contributed by atoms with Crippen molar-refractivity contribution < 1.29 is 55.5 Å². The van der Waals surface area contributed by atoms with Gasteiger partial charge in [-0.25, -0.2) is 4.79 Å². The van der Waals surface area contributed by atoms with Crippen molar-refractivity contribution in [1.82, 2.24) is 0 Å². The third-order valence-electron chi connectivity index (χ3n) is 1.29. The molecule has 0 aromatic carbocycles. The van der Waals surface area contributed by atoms with Crippen LogP contribution in [0.1, 0.15) is 12.8 Å². The summed E-state index contributed by atoms with van der Waals surface area (Å²) >= 11 is -0.167. The first-order valence-corrected chi connectivity index (χ1v) is 4.14. The summed E-state index contributed by atoms with van der Waals surface area (Å²) in [5, 5.41) is 33.8. The molecular formula is C6H9ClO9. The highest BCUT2D eigenvalue weighted by Crippen LogP contribution is 2.15. The summed E-state index contributed by atoms with van der Waals surface area (Å²) in [6.07, 6.45) is -2.29. The number of rotatable bonds is 5. The van der Waals surface area contributed by atoms with E-state index in [2.05, 4.69) is 0 Å². The van der Waals surface area contributed by atoms with E-state index in [1.807, 2.05) is 0 Å². The van der Waals surface area contributed by atoms with Crippen LogP contribution in [-0.4, -0.2) is 48.6 Å². The van der Waals surface area contributed by atoms with Crippen molar-refractivity contribution in [3.63, 3.8) is 0 Å². The molecular weight excluding hydrogens is 252 g/mol. The van der Waals surface area contributed by atoms with E-state index in [4.69, 9.17) is 29.7 Å². The third kappa shape index (κ3) is 7.94. The van der Waals surface area contributed by atoms with Crippen LogP contribution in [0.4, 0.5) is 0 Å². The Kier molecular flexibility index (Phi) is 8.30. The lowest BCUT2D eigenvalue weighted by atomic mass is 9.96. The maximum atomic E-state index is 10.3. The Hall–Kier alpha value is -1.42. The lowest BCUT2D eigenvalue weighted by Crippen LogP contribution is -2.42. The Morgan fingerprint density at radius 1 is 1.06 bits per heavy atom. The molecule has 9 nitrogen and oxygen atoms in total. The lowest BCUT2D eigenvalue weighted by Gasteiger charge is -2.18. The molecule has 0 saturated carbocycles. The van der Waals surface area contributed by atoms with Crippen molar-refractivity contribution in [3.05, 3.63) is 0 Å². The van der Waals surface area contributed by atoms with Gasteiger partial charge in [-0.05, 0) is 0 Å². The summed E-state index contributed by atoms with van der Waals surface area (Å²) in [4.78, 5) is 30.5. The van der Waals surface area contributed by atoms with Crippen molar-refractivity contribution in [2.45, 2.75) is 18.4 Å². The second-order valence-electron chi connectivity index (χ2n) is 2.55. The first kappa shape index (κ1) is 17.0. The lowest BCUT2D eigenvalue weighted by molar-refractivity contribution is -1.27. The van der Waals surface area contributed by atoms with E-state index in [9.17, 15) is 14.4 Å². The average Bonchev–Trinajstić information content (AvgIpc) is 2.01. The summed E-state index contributed by atoms with van der Waals surface area (Å²) in [6.45, 7) is 0. The van der Waals surface area contributed by atoms with Gasteiger partial charge in [0.25, 0.3) is 0 Å². The fourth-order valence-electron chi connectivity index (χ4n) is 0.714. The molecule has 5 N–H and O–H groups in total. The molecule has 0 fully saturated rings. The highest BCUT2D eigenvalue weighted by molar-refractivity contribution is 5.88. The van der Waals surface area contributed by atoms with Gasteiger partial charge in [-0.15, -0.1) is 4.66 Å². The quantitative estimate of drug-likeness (QED) is 0.345. The van der Waals surface area contributed by atoms with Crippen LogP contribution in [0.2, 0.25) is 0 Å². The molecule has 10 heteroatoms. The second-order valence-corrected chi connectivity index (χ2v) is 2.68. The molecule has 0 aliphatic carbocycles. The predicted octanol–water partition coefficient (Wildman–Crippen LogP) is -2.99. The van der Waals surface area contributed by atoms with E-state index in [1.165, 1.54) is 0 Å². The highest BCUT2D eigenvalue weighted by atomic mass is 35.6. The van der Waals surface area contributed by atoms with Crippen LogP contribution in [0, 0.1) is 11.3 Å². The van der Waals surface area contributed by atoms with E-state index in [-0.39, 0.29) is 11.3 Å². The van der Waals surface area contributed by atoms with Gasteiger partial charge in [0.15, 0.2) is 5.60 Å². The fourth-order valence-corrected chi connectivity index (χ4v) is 0.714. The largest absolute Gasteiger partial charge is 0.506 e. The first-order valence-electron chi connectivity index (χ1n) is 3.49. The van der Waals surface area contributed by atoms with E-state index in [1.54, 1.807) is 0 Å². The number of halogens is 1. The normalized spacial score (nSPS) is 9.94. The number of carboxylic acid groups (broad SMARTS) is 3. The molecule has 0 bridgehead atoms. The number of carboxylic acids is 3. The van der Waals surface area contributed by atoms with Crippen LogP contribution < -0.4 is 4.66 Å². The summed E-state index contributed by atoms with van der Waals surface area (Å²) in [6, 6.07) is 0. The van der Waals surface area contributed by atoms with Crippen molar-refractivity contribution >= 4 is 17.9 Å². The van der Waals surface area contributed by atoms with Crippen molar-refractivity contribution in [2.75, 3.05) is 0 Å². The van der Waals surface area contributed by atoms with Crippen LogP contribution in [0.25, 0.3) is 0 Å². The molecule has 0 amide bonds. The topological polar surface area (TPSA) is 175 Å². The van der Waals surface area contributed by atoms with Crippen molar-refractivity contribution in [3.8, 4) is 0 Å². The summed E-state index contributed by atoms with van der Waals surface area (Å²) in [7, 11) is 0.